The first kappa shape index (κ1) is 13.2. The Morgan fingerprint density at radius 2 is 1.78 bits per heavy atom. The van der Waals surface area contributed by atoms with Crippen molar-refractivity contribution in [1.82, 2.24) is 0 Å². The number of benzene rings is 1. The molecule has 5 heteroatoms. The van der Waals surface area contributed by atoms with Crippen LogP contribution in [0.5, 0.6) is 0 Å². The number of nitrogens with two attached hydrogens (primary N) is 1. The molecule has 0 saturated heterocycles. The first-order valence-corrected chi connectivity index (χ1v) is 7.86. The van der Waals surface area contributed by atoms with Crippen molar-refractivity contribution in [2.24, 2.45) is 0 Å². The monoisotopic (exact) mass is 268 g/mol. The standard InChI is InChI=1S/C13H20N2O2S/c1-15(13-10-6-5-9-12(13)14)18(16,17)11-7-3-2-4-8-11/h5-6,9-11H,2-4,7-8,14H2,1H3. The second-order valence-corrected chi connectivity index (χ2v) is 7.08. The van der Waals surface area contributed by atoms with Gasteiger partial charge < -0.3 is 5.73 Å². The summed E-state index contributed by atoms with van der Waals surface area (Å²) in [5.74, 6) is 0. The zero-order valence-electron chi connectivity index (χ0n) is 10.7. The molecule has 0 amide bonds. The van der Waals surface area contributed by atoms with Crippen LogP contribution in [0.2, 0.25) is 0 Å². The molecule has 1 fully saturated rings. The molecule has 0 spiro atoms. The molecule has 4 nitrogen and oxygen atoms in total. The van der Waals surface area contributed by atoms with Gasteiger partial charge in [0.2, 0.25) is 10.0 Å². The molecule has 1 aliphatic carbocycles. The lowest BCUT2D eigenvalue weighted by Gasteiger charge is -2.28. The molecule has 0 radical (unpaired) electrons. The quantitative estimate of drug-likeness (QED) is 0.856. The number of nitrogen functional groups attached to an aromatic ring is 1. The largest absolute Gasteiger partial charge is 0.397 e. The molecule has 2 rings (SSSR count). The van der Waals surface area contributed by atoms with Gasteiger partial charge in [0.15, 0.2) is 0 Å². The van der Waals surface area contributed by atoms with Crippen molar-refractivity contribution in [3.05, 3.63) is 24.3 Å². The SMILES string of the molecule is CN(c1ccccc1N)S(=O)(=O)C1CCCCC1. The fraction of sp³-hybridized carbons (Fsp3) is 0.538. The molecule has 2 N–H and O–H groups in total. The lowest BCUT2D eigenvalue weighted by molar-refractivity contribution is 0.483. The average Bonchev–Trinajstić information content (AvgIpc) is 2.39. The summed E-state index contributed by atoms with van der Waals surface area (Å²) < 4.78 is 26.4. The number of anilines is 2. The summed E-state index contributed by atoms with van der Waals surface area (Å²) in [6, 6.07) is 7.08. The summed E-state index contributed by atoms with van der Waals surface area (Å²) in [4.78, 5) is 0. The predicted molar refractivity (Wildman–Crippen MR) is 75.1 cm³/mol. The normalized spacial score (nSPS) is 17.6. The zero-order valence-corrected chi connectivity index (χ0v) is 11.5. The van der Waals surface area contributed by atoms with E-state index in [1.54, 1.807) is 31.3 Å². The maximum Gasteiger partial charge on any atom is 0.237 e. The van der Waals surface area contributed by atoms with Crippen LogP contribution in [0.15, 0.2) is 24.3 Å². The van der Waals surface area contributed by atoms with E-state index in [1.807, 2.05) is 0 Å². The smallest absolute Gasteiger partial charge is 0.237 e. The summed E-state index contributed by atoms with van der Waals surface area (Å²) in [5.41, 5.74) is 6.91. The molecular formula is C13H20N2O2S. The van der Waals surface area contributed by atoms with Crippen molar-refractivity contribution in [3.8, 4) is 0 Å². The molecule has 18 heavy (non-hydrogen) atoms. The van der Waals surface area contributed by atoms with E-state index in [-0.39, 0.29) is 5.25 Å². The van der Waals surface area contributed by atoms with Gasteiger partial charge in [0.05, 0.1) is 16.6 Å². The van der Waals surface area contributed by atoms with Crippen LogP contribution in [0.3, 0.4) is 0 Å². The van der Waals surface area contributed by atoms with E-state index in [0.29, 0.717) is 11.4 Å². The van der Waals surface area contributed by atoms with E-state index in [0.717, 1.165) is 32.1 Å². The molecule has 0 atom stereocenters. The highest BCUT2D eigenvalue weighted by molar-refractivity contribution is 7.93. The van der Waals surface area contributed by atoms with E-state index < -0.39 is 10.0 Å². The molecule has 0 aliphatic heterocycles. The fourth-order valence-electron chi connectivity index (χ4n) is 2.50. The van der Waals surface area contributed by atoms with Crippen molar-refractivity contribution in [1.29, 1.82) is 0 Å². The molecule has 0 unspecified atom stereocenters. The molecule has 0 aromatic heterocycles. The van der Waals surface area contributed by atoms with Gasteiger partial charge in [-0.15, -0.1) is 0 Å². The maximum absolute atomic E-state index is 12.5. The highest BCUT2D eigenvalue weighted by Crippen LogP contribution is 2.30. The van der Waals surface area contributed by atoms with E-state index in [9.17, 15) is 8.42 Å². The minimum absolute atomic E-state index is 0.254. The Morgan fingerprint density at radius 1 is 1.17 bits per heavy atom. The lowest BCUT2D eigenvalue weighted by atomic mass is 10.0. The highest BCUT2D eigenvalue weighted by Gasteiger charge is 2.31. The van der Waals surface area contributed by atoms with Crippen LogP contribution >= 0.6 is 0 Å². The molecule has 0 bridgehead atoms. The number of para-hydroxylation sites is 2. The van der Waals surface area contributed by atoms with Crippen molar-refractivity contribution in [2.75, 3.05) is 17.1 Å². The molecule has 1 saturated carbocycles. The molecule has 1 aromatic carbocycles. The van der Waals surface area contributed by atoms with Crippen molar-refractivity contribution in [3.63, 3.8) is 0 Å². The van der Waals surface area contributed by atoms with Gasteiger partial charge in [0.25, 0.3) is 0 Å². The molecule has 1 aromatic rings. The van der Waals surface area contributed by atoms with Gasteiger partial charge in [-0.05, 0) is 25.0 Å². The van der Waals surface area contributed by atoms with E-state index in [4.69, 9.17) is 5.73 Å². The Labute approximate surface area is 109 Å². The van der Waals surface area contributed by atoms with Gasteiger partial charge in [0.1, 0.15) is 0 Å². The number of sulfonamides is 1. The van der Waals surface area contributed by atoms with Gasteiger partial charge in [0, 0.05) is 7.05 Å². The number of rotatable bonds is 3. The first-order valence-electron chi connectivity index (χ1n) is 6.35. The van der Waals surface area contributed by atoms with E-state index in [1.165, 1.54) is 4.31 Å². The summed E-state index contributed by atoms with van der Waals surface area (Å²) >= 11 is 0. The van der Waals surface area contributed by atoms with Crippen LogP contribution < -0.4 is 10.0 Å². The van der Waals surface area contributed by atoms with Gasteiger partial charge in [-0.2, -0.15) is 0 Å². The zero-order chi connectivity index (χ0) is 13.2. The minimum Gasteiger partial charge on any atom is -0.397 e. The number of hydrogen-bond acceptors (Lipinski definition) is 3. The van der Waals surface area contributed by atoms with Crippen LogP contribution in [0.1, 0.15) is 32.1 Å². The van der Waals surface area contributed by atoms with Crippen molar-refractivity contribution < 1.29 is 8.42 Å². The summed E-state index contributed by atoms with van der Waals surface area (Å²) in [5, 5.41) is -0.254. The van der Waals surface area contributed by atoms with Crippen LogP contribution in [0.4, 0.5) is 11.4 Å². The maximum atomic E-state index is 12.5. The molecule has 100 valence electrons. The number of hydrogen-bond donors (Lipinski definition) is 1. The molecule has 1 aliphatic rings. The molecular weight excluding hydrogens is 248 g/mol. The third kappa shape index (κ3) is 2.46. The van der Waals surface area contributed by atoms with Gasteiger partial charge in [-0.1, -0.05) is 31.4 Å². The highest BCUT2D eigenvalue weighted by atomic mass is 32.2. The van der Waals surface area contributed by atoms with Crippen LogP contribution in [-0.2, 0) is 10.0 Å². The second-order valence-electron chi connectivity index (χ2n) is 4.83. The summed E-state index contributed by atoms with van der Waals surface area (Å²) in [6.07, 6.45) is 4.67. The lowest BCUT2D eigenvalue weighted by Crippen LogP contribution is -2.37. The van der Waals surface area contributed by atoms with Crippen LogP contribution in [0, 0.1) is 0 Å². The van der Waals surface area contributed by atoms with E-state index >= 15 is 0 Å². The Kier molecular flexibility index (Phi) is 3.80. The molecule has 0 heterocycles. The topological polar surface area (TPSA) is 63.4 Å². The number of nitrogens with zero attached hydrogens (tertiary/aromatic N) is 1. The Balaban J connectivity index is 2.27. The summed E-state index contributed by atoms with van der Waals surface area (Å²) in [6.45, 7) is 0. The van der Waals surface area contributed by atoms with Crippen molar-refractivity contribution >= 4 is 21.4 Å². The average molecular weight is 268 g/mol. The van der Waals surface area contributed by atoms with E-state index in [2.05, 4.69) is 0 Å². The van der Waals surface area contributed by atoms with Crippen LogP contribution in [-0.4, -0.2) is 20.7 Å². The first-order chi connectivity index (χ1) is 8.53. The summed E-state index contributed by atoms with van der Waals surface area (Å²) in [7, 11) is -1.69. The minimum atomic E-state index is -3.28. The second kappa shape index (κ2) is 5.18. The third-order valence-corrected chi connectivity index (χ3v) is 5.91. The Bertz CT molecular complexity index is 507. The fourth-order valence-corrected chi connectivity index (χ4v) is 4.31. The Morgan fingerprint density at radius 3 is 2.39 bits per heavy atom. The van der Waals surface area contributed by atoms with Crippen LogP contribution in [0.25, 0.3) is 0 Å². The van der Waals surface area contributed by atoms with Gasteiger partial charge >= 0.3 is 0 Å². The van der Waals surface area contributed by atoms with Crippen molar-refractivity contribution in [2.45, 2.75) is 37.4 Å². The van der Waals surface area contributed by atoms with Gasteiger partial charge in [-0.25, -0.2) is 8.42 Å². The third-order valence-electron chi connectivity index (χ3n) is 3.63. The Hall–Kier alpha value is -1.23. The predicted octanol–water partition coefficient (Wildman–Crippen LogP) is 2.37. The van der Waals surface area contributed by atoms with Gasteiger partial charge in [-0.3, -0.25) is 4.31 Å².